The van der Waals surface area contributed by atoms with Gasteiger partial charge in [-0.05, 0) is 40.6 Å². The molecule has 2 rings (SSSR count). The number of carboxylic acid groups (broad SMARTS) is 1. The fraction of sp³-hybridized carbons (Fsp3) is 0.429. The summed E-state index contributed by atoms with van der Waals surface area (Å²) in [6.45, 7) is 0.938. The summed E-state index contributed by atoms with van der Waals surface area (Å²) in [6, 6.07) is 6.65. The average Bonchev–Trinajstić information content (AvgIpc) is 2.94. The van der Waals surface area contributed by atoms with E-state index in [1.807, 2.05) is 24.3 Å². The molecule has 0 radical (unpaired) electrons. The van der Waals surface area contributed by atoms with E-state index in [0.717, 1.165) is 9.13 Å². The Bertz CT molecular complexity index is 500. The van der Waals surface area contributed by atoms with E-state index in [1.165, 1.54) is 0 Å². The van der Waals surface area contributed by atoms with Gasteiger partial charge >= 0.3 is 5.97 Å². The lowest BCUT2D eigenvalue weighted by atomic mass is 10.0. The van der Waals surface area contributed by atoms with Crippen molar-refractivity contribution >= 4 is 34.5 Å². The molecule has 108 valence electrons. The molecule has 1 amide bonds. The minimum Gasteiger partial charge on any atom is -0.480 e. The van der Waals surface area contributed by atoms with Crippen molar-refractivity contribution in [2.24, 2.45) is 5.92 Å². The van der Waals surface area contributed by atoms with Crippen molar-refractivity contribution in [1.82, 2.24) is 5.32 Å². The molecule has 2 N–H and O–H groups in total. The molecule has 2 atom stereocenters. The zero-order chi connectivity index (χ0) is 14.5. The Morgan fingerprint density at radius 2 is 2.20 bits per heavy atom. The van der Waals surface area contributed by atoms with Crippen LogP contribution in [0.4, 0.5) is 0 Å². The minimum atomic E-state index is -1.02. The van der Waals surface area contributed by atoms with E-state index in [1.54, 1.807) is 0 Å². The maximum absolute atomic E-state index is 12.0. The van der Waals surface area contributed by atoms with Crippen molar-refractivity contribution in [2.45, 2.75) is 18.9 Å². The van der Waals surface area contributed by atoms with Crippen LogP contribution >= 0.6 is 22.6 Å². The Morgan fingerprint density at radius 3 is 2.80 bits per heavy atom. The Hall–Kier alpha value is -1.15. The molecule has 0 bridgehead atoms. The summed E-state index contributed by atoms with van der Waals surface area (Å²) >= 11 is 2.16. The Morgan fingerprint density at radius 1 is 1.45 bits per heavy atom. The molecule has 0 aliphatic carbocycles. The Labute approximate surface area is 130 Å². The maximum Gasteiger partial charge on any atom is 0.326 e. The van der Waals surface area contributed by atoms with E-state index in [2.05, 4.69) is 27.9 Å². The van der Waals surface area contributed by atoms with Crippen LogP contribution in [0, 0.1) is 9.49 Å². The van der Waals surface area contributed by atoms with Gasteiger partial charge in [-0.15, -0.1) is 0 Å². The van der Waals surface area contributed by atoms with E-state index in [-0.39, 0.29) is 18.2 Å². The second-order valence-electron chi connectivity index (χ2n) is 4.76. The molecule has 1 fully saturated rings. The van der Waals surface area contributed by atoms with Crippen LogP contribution < -0.4 is 5.32 Å². The summed E-state index contributed by atoms with van der Waals surface area (Å²) < 4.78 is 6.14. The number of aliphatic carboxylic acids is 1. The largest absolute Gasteiger partial charge is 0.480 e. The van der Waals surface area contributed by atoms with Crippen molar-refractivity contribution in [3.63, 3.8) is 0 Å². The lowest BCUT2D eigenvalue weighted by molar-refractivity contribution is -0.142. The van der Waals surface area contributed by atoms with Gasteiger partial charge in [-0.2, -0.15) is 0 Å². The Balaban J connectivity index is 2.02. The first kappa shape index (κ1) is 15.2. The number of carbonyl (C=O) groups excluding carboxylic acids is 1. The number of ether oxygens (including phenoxy) is 1. The molecule has 0 saturated carbocycles. The number of rotatable bonds is 5. The van der Waals surface area contributed by atoms with Gasteiger partial charge < -0.3 is 15.2 Å². The predicted octanol–water partition coefficient (Wildman–Crippen LogP) is 1.44. The fourth-order valence-corrected chi connectivity index (χ4v) is 2.72. The van der Waals surface area contributed by atoms with Gasteiger partial charge in [-0.3, -0.25) is 4.79 Å². The summed E-state index contributed by atoms with van der Waals surface area (Å²) in [5, 5.41) is 11.9. The van der Waals surface area contributed by atoms with E-state index in [4.69, 9.17) is 4.74 Å². The lowest BCUT2D eigenvalue weighted by Gasteiger charge is -2.17. The van der Waals surface area contributed by atoms with Gasteiger partial charge in [0.1, 0.15) is 6.04 Å². The first-order chi connectivity index (χ1) is 9.58. The van der Waals surface area contributed by atoms with Gasteiger partial charge in [0.15, 0.2) is 0 Å². The highest BCUT2D eigenvalue weighted by molar-refractivity contribution is 14.1. The first-order valence-electron chi connectivity index (χ1n) is 6.42. The van der Waals surface area contributed by atoms with Crippen LogP contribution in [-0.4, -0.2) is 36.2 Å². The molecule has 1 aliphatic heterocycles. The highest BCUT2D eigenvalue weighted by atomic mass is 127. The molecular weight excluding hydrogens is 373 g/mol. The van der Waals surface area contributed by atoms with Crippen LogP contribution in [0.15, 0.2) is 24.3 Å². The van der Waals surface area contributed by atoms with Gasteiger partial charge in [-0.25, -0.2) is 4.79 Å². The minimum absolute atomic E-state index is 0.230. The van der Waals surface area contributed by atoms with Gasteiger partial charge in [0, 0.05) is 16.6 Å². The average molecular weight is 389 g/mol. The maximum atomic E-state index is 12.0. The van der Waals surface area contributed by atoms with Crippen molar-refractivity contribution in [2.75, 3.05) is 13.2 Å². The Kier molecular flexibility index (Phi) is 5.36. The second kappa shape index (κ2) is 7.03. The van der Waals surface area contributed by atoms with Crippen LogP contribution in [-0.2, 0) is 20.7 Å². The SMILES string of the molecule is O=C(N[C@@H](Cc1ccccc1I)C(=O)O)[C@H]1CCOC1. The van der Waals surface area contributed by atoms with Crippen molar-refractivity contribution in [1.29, 1.82) is 0 Å². The van der Waals surface area contributed by atoms with Crippen LogP contribution in [0.2, 0.25) is 0 Å². The molecule has 1 heterocycles. The zero-order valence-electron chi connectivity index (χ0n) is 10.8. The molecular formula is C14H16INO4. The number of hydrogen-bond donors (Lipinski definition) is 2. The molecule has 1 aromatic rings. The monoisotopic (exact) mass is 389 g/mol. The number of nitrogens with one attached hydrogen (secondary N) is 1. The van der Waals surface area contributed by atoms with Crippen LogP contribution in [0.1, 0.15) is 12.0 Å². The molecule has 0 aromatic heterocycles. The molecule has 1 saturated heterocycles. The zero-order valence-corrected chi connectivity index (χ0v) is 13.0. The van der Waals surface area contributed by atoms with Crippen molar-refractivity contribution in [3.05, 3.63) is 33.4 Å². The summed E-state index contributed by atoms with van der Waals surface area (Å²) in [6.07, 6.45) is 0.939. The molecule has 0 unspecified atom stereocenters. The summed E-state index contributed by atoms with van der Waals surface area (Å²) in [5.74, 6) is -1.48. The van der Waals surface area contributed by atoms with Crippen molar-refractivity contribution < 1.29 is 19.4 Å². The number of halogens is 1. The predicted molar refractivity (Wildman–Crippen MR) is 81.4 cm³/mol. The molecule has 0 spiro atoms. The lowest BCUT2D eigenvalue weighted by Crippen LogP contribution is -2.45. The van der Waals surface area contributed by atoms with Crippen LogP contribution in [0.25, 0.3) is 0 Å². The van der Waals surface area contributed by atoms with Gasteiger partial charge in [-0.1, -0.05) is 18.2 Å². The number of carboxylic acids is 1. The highest BCUT2D eigenvalue weighted by Crippen LogP contribution is 2.15. The van der Waals surface area contributed by atoms with E-state index in [0.29, 0.717) is 19.6 Å². The highest BCUT2D eigenvalue weighted by Gasteiger charge is 2.28. The normalized spacial score (nSPS) is 19.6. The molecule has 1 aromatic carbocycles. The van der Waals surface area contributed by atoms with Gasteiger partial charge in [0.2, 0.25) is 5.91 Å². The molecule has 6 heteroatoms. The van der Waals surface area contributed by atoms with Crippen molar-refractivity contribution in [3.8, 4) is 0 Å². The number of amides is 1. The summed E-state index contributed by atoms with van der Waals surface area (Å²) in [5.41, 5.74) is 0.920. The van der Waals surface area contributed by atoms with E-state index >= 15 is 0 Å². The standard InChI is InChI=1S/C14H16INO4/c15-11-4-2-1-3-9(11)7-12(14(18)19)16-13(17)10-5-6-20-8-10/h1-4,10,12H,5-8H2,(H,16,17)(H,18,19)/t10-,12-/m0/s1. The van der Waals surface area contributed by atoms with Gasteiger partial charge in [0.05, 0.1) is 12.5 Å². The van der Waals surface area contributed by atoms with E-state index < -0.39 is 12.0 Å². The number of carbonyl (C=O) groups is 2. The molecule has 5 nitrogen and oxygen atoms in total. The number of benzene rings is 1. The quantitative estimate of drug-likeness (QED) is 0.748. The number of hydrogen-bond acceptors (Lipinski definition) is 3. The van der Waals surface area contributed by atoms with Gasteiger partial charge in [0.25, 0.3) is 0 Å². The fourth-order valence-electron chi connectivity index (χ4n) is 2.11. The van der Waals surface area contributed by atoms with E-state index in [9.17, 15) is 14.7 Å². The first-order valence-corrected chi connectivity index (χ1v) is 7.50. The van der Waals surface area contributed by atoms with Crippen LogP contribution in [0.3, 0.4) is 0 Å². The summed E-state index contributed by atoms with van der Waals surface area (Å²) in [7, 11) is 0. The third kappa shape index (κ3) is 3.92. The van der Waals surface area contributed by atoms with Crippen LogP contribution in [0.5, 0.6) is 0 Å². The second-order valence-corrected chi connectivity index (χ2v) is 5.92. The smallest absolute Gasteiger partial charge is 0.326 e. The third-order valence-corrected chi connectivity index (χ3v) is 4.35. The third-order valence-electron chi connectivity index (χ3n) is 3.30. The molecule has 1 aliphatic rings. The topological polar surface area (TPSA) is 75.6 Å². The molecule has 20 heavy (non-hydrogen) atoms. The summed E-state index contributed by atoms with van der Waals surface area (Å²) in [4.78, 5) is 23.3.